The van der Waals surface area contributed by atoms with Crippen LogP contribution in [0.2, 0.25) is 0 Å². The average Bonchev–Trinajstić information content (AvgIpc) is 2.67. The van der Waals surface area contributed by atoms with Crippen LogP contribution in [0.5, 0.6) is 11.5 Å². The van der Waals surface area contributed by atoms with Crippen molar-refractivity contribution in [1.82, 2.24) is 5.43 Å². The zero-order chi connectivity index (χ0) is 19.8. The molecular formula is C19H20BrN3O4. The summed E-state index contributed by atoms with van der Waals surface area (Å²) in [4.78, 5) is 24.3. The van der Waals surface area contributed by atoms with Crippen molar-refractivity contribution in [3.63, 3.8) is 0 Å². The van der Waals surface area contributed by atoms with E-state index < -0.39 is 5.91 Å². The number of rotatable bonds is 7. The van der Waals surface area contributed by atoms with E-state index in [2.05, 4.69) is 31.8 Å². The maximum Gasteiger partial charge on any atom is 0.271 e. The predicted octanol–water partition coefficient (Wildman–Crippen LogP) is 3.60. The van der Waals surface area contributed by atoms with Crippen LogP contribution in [0.15, 0.2) is 52.0 Å². The first-order valence-corrected chi connectivity index (χ1v) is 8.82. The number of carbonyl (C=O) groups excluding carboxylic acids is 2. The van der Waals surface area contributed by atoms with Crippen molar-refractivity contribution in [2.45, 2.75) is 13.3 Å². The van der Waals surface area contributed by atoms with Crippen LogP contribution in [0.4, 0.5) is 5.69 Å². The van der Waals surface area contributed by atoms with Gasteiger partial charge in [0.2, 0.25) is 5.91 Å². The summed E-state index contributed by atoms with van der Waals surface area (Å²) in [7, 11) is 3.01. The van der Waals surface area contributed by atoms with Crippen LogP contribution in [0.1, 0.15) is 23.7 Å². The van der Waals surface area contributed by atoms with Crippen molar-refractivity contribution in [2.24, 2.45) is 5.10 Å². The highest BCUT2D eigenvalue weighted by Gasteiger charge is 2.10. The van der Waals surface area contributed by atoms with Gasteiger partial charge in [-0.15, -0.1) is 0 Å². The van der Waals surface area contributed by atoms with Crippen molar-refractivity contribution in [3.8, 4) is 11.5 Å². The minimum atomic E-state index is -0.431. The molecule has 8 heteroatoms. The van der Waals surface area contributed by atoms with Gasteiger partial charge >= 0.3 is 0 Å². The van der Waals surface area contributed by atoms with Gasteiger partial charge in [0.05, 0.1) is 20.6 Å². The smallest absolute Gasteiger partial charge is 0.271 e. The average molecular weight is 434 g/mol. The number of nitrogens with one attached hydrogen (secondary N) is 2. The number of benzene rings is 2. The van der Waals surface area contributed by atoms with Gasteiger partial charge in [-0.05, 0) is 43.3 Å². The summed E-state index contributed by atoms with van der Waals surface area (Å²) < 4.78 is 11.2. The summed E-state index contributed by atoms with van der Waals surface area (Å²) in [6, 6.07) is 12.0. The Kier molecular flexibility index (Phi) is 7.36. The predicted molar refractivity (Wildman–Crippen MR) is 108 cm³/mol. The van der Waals surface area contributed by atoms with Crippen LogP contribution in [0, 0.1) is 0 Å². The second-order valence-corrected chi connectivity index (χ2v) is 6.54. The maximum absolute atomic E-state index is 12.3. The van der Waals surface area contributed by atoms with Crippen LogP contribution in [-0.2, 0) is 4.79 Å². The van der Waals surface area contributed by atoms with Crippen LogP contribution in [0.25, 0.3) is 0 Å². The Morgan fingerprint density at radius 1 is 1.04 bits per heavy atom. The number of methoxy groups -OCH3 is 2. The minimum absolute atomic E-state index is 0.0533. The second-order valence-electron chi connectivity index (χ2n) is 5.62. The van der Waals surface area contributed by atoms with Gasteiger partial charge in [0.1, 0.15) is 11.5 Å². The van der Waals surface area contributed by atoms with Gasteiger partial charge in [-0.25, -0.2) is 5.43 Å². The monoisotopic (exact) mass is 433 g/mol. The molecule has 0 radical (unpaired) electrons. The molecule has 0 fully saturated rings. The standard InChI is InChI=1S/C19H20BrN3O4/c1-12(8-18(24)21-15-6-4-14(20)5-7-15)22-23-19(25)13-9-16(26-2)11-17(10-13)27-3/h4-7,9-11H,8H2,1-3H3,(H,21,24)(H,23,25). The summed E-state index contributed by atoms with van der Waals surface area (Å²) in [6.45, 7) is 1.66. The Hall–Kier alpha value is -2.87. The quantitative estimate of drug-likeness (QED) is 0.515. The molecule has 2 rings (SSSR count). The van der Waals surface area contributed by atoms with E-state index in [4.69, 9.17) is 9.47 Å². The molecule has 0 aliphatic rings. The van der Waals surface area contributed by atoms with E-state index in [0.29, 0.717) is 28.5 Å². The highest BCUT2D eigenvalue weighted by Crippen LogP contribution is 2.22. The first-order chi connectivity index (χ1) is 12.9. The second kappa shape index (κ2) is 9.72. The van der Waals surface area contributed by atoms with Crippen molar-refractivity contribution < 1.29 is 19.1 Å². The van der Waals surface area contributed by atoms with Crippen molar-refractivity contribution in [1.29, 1.82) is 0 Å². The van der Waals surface area contributed by atoms with Gasteiger partial charge in [-0.1, -0.05) is 15.9 Å². The fraction of sp³-hybridized carbons (Fsp3) is 0.211. The molecule has 0 aliphatic heterocycles. The van der Waals surface area contributed by atoms with Gasteiger partial charge in [0, 0.05) is 27.5 Å². The van der Waals surface area contributed by atoms with E-state index in [1.165, 1.54) is 14.2 Å². The topological polar surface area (TPSA) is 89.0 Å². The number of nitrogens with zero attached hydrogens (tertiary/aromatic N) is 1. The first kappa shape index (κ1) is 20.4. The summed E-state index contributed by atoms with van der Waals surface area (Å²) in [5, 5.41) is 6.74. The number of halogens is 1. The Balaban J connectivity index is 1.95. The molecule has 0 saturated heterocycles. The van der Waals surface area contributed by atoms with Crippen LogP contribution < -0.4 is 20.2 Å². The summed E-state index contributed by atoms with van der Waals surface area (Å²) in [6.07, 6.45) is 0.0533. The molecule has 0 bridgehead atoms. The van der Waals surface area contributed by atoms with Crippen LogP contribution in [-0.4, -0.2) is 31.7 Å². The van der Waals surface area contributed by atoms with E-state index in [0.717, 1.165) is 4.47 Å². The SMILES string of the molecule is COc1cc(OC)cc(C(=O)NN=C(C)CC(=O)Nc2ccc(Br)cc2)c1. The Morgan fingerprint density at radius 2 is 1.63 bits per heavy atom. The molecule has 2 amide bonds. The lowest BCUT2D eigenvalue weighted by Crippen LogP contribution is -2.21. The van der Waals surface area contributed by atoms with Gasteiger partial charge in [-0.2, -0.15) is 5.10 Å². The van der Waals surface area contributed by atoms with Crippen LogP contribution >= 0.6 is 15.9 Å². The molecule has 2 aromatic carbocycles. The molecule has 2 N–H and O–H groups in total. The molecule has 27 heavy (non-hydrogen) atoms. The third kappa shape index (κ3) is 6.41. The Morgan fingerprint density at radius 3 is 2.19 bits per heavy atom. The zero-order valence-electron chi connectivity index (χ0n) is 15.2. The summed E-state index contributed by atoms with van der Waals surface area (Å²) >= 11 is 3.34. The third-order valence-electron chi connectivity index (χ3n) is 3.51. The fourth-order valence-electron chi connectivity index (χ4n) is 2.16. The summed E-state index contributed by atoms with van der Waals surface area (Å²) in [5.74, 6) is 0.332. The molecule has 2 aromatic rings. The third-order valence-corrected chi connectivity index (χ3v) is 4.03. The number of anilines is 1. The molecule has 0 saturated carbocycles. The Labute approximate surface area is 165 Å². The lowest BCUT2D eigenvalue weighted by atomic mass is 10.2. The lowest BCUT2D eigenvalue weighted by molar-refractivity contribution is -0.115. The minimum Gasteiger partial charge on any atom is -0.497 e. The van der Waals surface area contributed by atoms with E-state index >= 15 is 0 Å². The fourth-order valence-corrected chi connectivity index (χ4v) is 2.42. The van der Waals surface area contributed by atoms with Gasteiger partial charge in [0.15, 0.2) is 0 Å². The lowest BCUT2D eigenvalue weighted by Gasteiger charge is -2.08. The maximum atomic E-state index is 12.3. The molecular weight excluding hydrogens is 414 g/mol. The largest absolute Gasteiger partial charge is 0.497 e. The van der Waals surface area contributed by atoms with Gasteiger partial charge in [-0.3, -0.25) is 9.59 Å². The molecule has 0 spiro atoms. The number of hydrazone groups is 1. The van der Waals surface area contributed by atoms with Crippen LogP contribution in [0.3, 0.4) is 0 Å². The number of carbonyl (C=O) groups is 2. The van der Waals surface area contributed by atoms with Crippen molar-refractivity contribution in [3.05, 3.63) is 52.5 Å². The Bertz CT molecular complexity index is 828. The zero-order valence-corrected chi connectivity index (χ0v) is 16.8. The molecule has 0 atom stereocenters. The van der Waals surface area contributed by atoms with Gasteiger partial charge in [0.25, 0.3) is 5.91 Å². The first-order valence-electron chi connectivity index (χ1n) is 8.03. The highest BCUT2D eigenvalue weighted by atomic mass is 79.9. The van der Waals surface area contributed by atoms with E-state index in [9.17, 15) is 9.59 Å². The number of amides is 2. The molecule has 0 aromatic heterocycles. The van der Waals surface area contributed by atoms with E-state index in [1.807, 2.05) is 12.1 Å². The number of hydrogen-bond acceptors (Lipinski definition) is 5. The normalized spacial score (nSPS) is 10.9. The van der Waals surface area contributed by atoms with E-state index in [-0.39, 0.29) is 12.3 Å². The molecule has 0 unspecified atom stereocenters. The molecule has 0 aliphatic carbocycles. The summed E-state index contributed by atoms with van der Waals surface area (Å²) in [5.41, 5.74) is 3.91. The molecule has 7 nitrogen and oxygen atoms in total. The molecule has 0 heterocycles. The number of ether oxygens (including phenoxy) is 2. The van der Waals surface area contributed by atoms with Crippen molar-refractivity contribution >= 4 is 39.1 Å². The number of hydrogen-bond donors (Lipinski definition) is 2. The highest BCUT2D eigenvalue weighted by molar-refractivity contribution is 9.10. The van der Waals surface area contributed by atoms with Gasteiger partial charge < -0.3 is 14.8 Å². The van der Waals surface area contributed by atoms with E-state index in [1.54, 1.807) is 37.3 Å². The van der Waals surface area contributed by atoms with Crippen molar-refractivity contribution in [2.75, 3.05) is 19.5 Å². The molecule has 142 valence electrons.